The Bertz CT molecular complexity index is 472. The highest BCUT2D eigenvalue weighted by molar-refractivity contribution is 5.94. The van der Waals surface area contributed by atoms with Crippen molar-refractivity contribution in [2.45, 2.75) is 33.3 Å². The first-order chi connectivity index (χ1) is 8.97. The van der Waals surface area contributed by atoms with E-state index in [0.717, 1.165) is 6.42 Å². The van der Waals surface area contributed by atoms with Crippen molar-refractivity contribution in [3.63, 3.8) is 0 Å². The molecular weight excluding hydrogens is 244 g/mol. The second kappa shape index (κ2) is 6.78. The molecule has 0 aliphatic heterocycles. The smallest absolute Gasteiger partial charge is 0.339 e. The zero-order chi connectivity index (χ0) is 14.4. The van der Waals surface area contributed by atoms with Crippen molar-refractivity contribution in [2.24, 2.45) is 0 Å². The van der Waals surface area contributed by atoms with Crippen molar-refractivity contribution in [3.8, 4) is 0 Å². The van der Waals surface area contributed by atoms with Crippen LogP contribution < -0.4 is 11.1 Å². The van der Waals surface area contributed by atoms with Gasteiger partial charge in [0.25, 0.3) is 5.91 Å². The van der Waals surface area contributed by atoms with Gasteiger partial charge in [-0.05, 0) is 38.0 Å². The van der Waals surface area contributed by atoms with Gasteiger partial charge in [0.15, 0.2) is 6.10 Å². The van der Waals surface area contributed by atoms with Crippen molar-refractivity contribution in [3.05, 3.63) is 29.3 Å². The van der Waals surface area contributed by atoms with Crippen LogP contribution in [0, 0.1) is 6.92 Å². The van der Waals surface area contributed by atoms with Crippen LogP contribution in [0.15, 0.2) is 18.2 Å². The quantitative estimate of drug-likeness (QED) is 0.626. The lowest BCUT2D eigenvalue weighted by Gasteiger charge is -2.14. The van der Waals surface area contributed by atoms with Crippen LogP contribution in [-0.4, -0.2) is 24.5 Å². The van der Waals surface area contributed by atoms with E-state index >= 15 is 0 Å². The third kappa shape index (κ3) is 3.98. The number of amides is 1. The molecule has 0 fully saturated rings. The van der Waals surface area contributed by atoms with Gasteiger partial charge in [-0.2, -0.15) is 0 Å². The molecule has 0 bridgehead atoms. The van der Waals surface area contributed by atoms with Crippen LogP contribution >= 0.6 is 0 Å². The van der Waals surface area contributed by atoms with E-state index in [9.17, 15) is 9.59 Å². The predicted octanol–water partition coefficient (Wildman–Crippen LogP) is 1.65. The fraction of sp³-hybridized carbons (Fsp3) is 0.429. The van der Waals surface area contributed by atoms with Crippen LogP contribution in [0.25, 0.3) is 0 Å². The largest absolute Gasteiger partial charge is 0.449 e. The standard InChI is InChI=1S/C14H20N2O3/c1-4-8-16-13(17)10(3)19-14(18)11-6-5-7-12(15)9(11)2/h5-7,10H,4,8,15H2,1-3H3,(H,16,17). The molecule has 0 saturated carbocycles. The molecular formula is C14H20N2O3. The molecule has 0 saturated heterocycles. The molecule has 5 heteroatoms. The van der Waals surface area contributed by atoms with Gasteiger partial charge in [-0.1, -0.05) is 13.0 Å². The summed E-state index contributed by atoms with van der Waals surface area (Å²) in [4.78, 5) is 23.6. The molecule has 1 unspecified atom stereocenters. The minimum absolute atomic E-state index is 0.295. The Morgan fingerprint density at radius 3 is 2.74 bits per heavy atom. The number of hydrogen-bond acceptors (Lipinski definition) is 4. The Morgan fingerprint density at radius 2 is 2.11 bits per heavy atom. The van der Waals surface area contributed by atoms with Gasteiger partial charge in [0, 0.05) is 12.2 Å². The number of nitrogens with two attached hydrogens (primary N) is 1. The van der Waals surface area contributed by atoms with Crippen LogP contribution in [0.4, 0.5) is 5.69 Å². The molecule has 1 aromatic rings. The van der Waals surface area contributed by atoms with E-state index in [2.05, 4.69) is 5.32 Å². The summed E-state index contributed by atoms with van der Waals surface area (Å²) in [5.74, 6) is -0.833. The number of carbonyl (C=O) groups is 2. The first kappa shape index (κ1) is 15.0. The predicted molar refractivity (Wildman–Crippen MR) is 73.8 cm³/mol. The van der Waals surface area contributed by atoms with Crippen molar-refractivity contribution in [1.82, 2.24) is 5.32 Å². The lowest BCUT2D eigenvalue weighted by Crippen LogP contribution is -2.36. The number of hydrogen-bond donors (Lipinski definition) is 2. The monoisotopic (exact) mass is 264 g/mol. The third-order valence-corrected chi connectivity index (χ3v) is 2.80. The first-order valence-corrected chi connectivity index (χ1v) is 6.31. The zero-order valence-electron chi connectivity index (χ0n) is 11.5. The van der Waals surface area contributed by atoms with E-state index < -0.39 is 12.1 Å². The van der Waals surface area contributed by atoms with E-state index in [1.807, 2.05) is 6.92 Å². The molecule has 0 heterocycles. The molecule has 0 aliphatic carbocycles. The summed E-state index contributed by atoms with van der Waals surface area (Å²) in [5, 5.41) is 2.67. The fourth-order valence-electron chi connectivity index (χ4n) is 1.54. The van der Waals surface area contributed by atoms with Crippen LogP contribution in [0.2, 0.25) is 0 Å². The number of nitrogen functional groups attached to an aromatic ring is 1. The van der Waals surface area contributed by atoms with Crippen LogP contribution in [-0.2, 0) is 9.53 Å². The highest BCUT2D eigenvalue weighted by atomic mass is 16.5. The summed E-state index contributed by atoms with van der Waals surface area (Å²) >= 11 is 0. The highest BCUT2D eigenvalue weighted by Crippen LogP contribution is 2.17. The van der Waals surface area contributed by atoms with E-state index in [-0.39, 0.29) is 5.91 Å². The SMILES string of the molecule is CCCNC(=O)C(C)OC(=O)c1cccc(N)c1C. The summed E-state index contributed by atoms with van der Waals surface area (Å²) in [6, 6.07) is 5.02. The summed E-state index contributed by atoms with van der Waals surface area (Å²) in [6.45, 7) is 5.81. The number of ether oxygens (including phenoxy) is 1. The van der Waals surface area contributed by atoms with E-state index in [0.29, 0.717) is 23.4 Å². The van der Waals surface area contributed by atoms with Gasteiger partial charge in [-0.3, -0.25) is 4.79 Å². The Hall–Kier alpha value is -2.04. The van der Waals surface area contributed by atoms with E-state index in [1.54, 1.807) is 32.0 Å². The maximum atomic E-state index is 11.9. The maximum absolute atomic E-state index is 11.9. The van der Waals surface area contributed by atoms with Gasteiger partial charge in [-0.25, -0.2) is 4.79 Å². The molecule has 1 rings (SSSR count). The Balaban J connectivity index is 2.69. The van der Waals surface area contributed by atoms with Crippen molar-refractivity contribution in [1.29, 1.82) is 0 Å². The van der Waals surface area contributed by atoms with Gasteiger partial charge in [-0.15, -0.1) is 0 Å². The molecule has 1 atom stereocenters. The second-order valence-corrected chi connectivity index (χ2v) is 4.36. The minimum atomic E-state index is -0.820. The van der Waals surface area contributed by atoms with Crippen LogP contribution in [0.5, 0.6) is 0 Å². The van der Waals surface area contributed by atoms with Crippen molar-refractivity contribution in [2.75, 3.05) is 12.3 Å². The summed E-state index contributed by atoms with van der Waals surface area (Å²) in [6.07, 6.45) is 0.0145. The van der Waals surface area contributed by atoms with Gasteiger partial charge in [0.2, 0.25) is 0 Å². The maximum Gasteiger partial charge on any atom is 0.339 e. The Morgan fingerprint density at radius 1 is 1.42 bits per heavy atom. The molecule has 104 valence electrons. The van der Waals surface area contributed by atoms with Crippen LogP contribution in [0.1, 0.15) is 36.2 Å². The number of rotatable bonds is 5. The topological polar surface area (TPSA) is 81.4 Å². The molecule has 0 aromatic heterocycles. The lowest BCUT2D eigenvalue weighted by atomic mass is 10.1. The number of esters is 1. The van der Waals surface area contributed by atoms with Gasteiger partial charge < -0.3 is 15.8 Å². The molecule has 19 heavy (non-hydrogen) atoms. The minimum Gasteiger partial charge on any atom is -0.449 e. The third-order valence-electron chi connectivity index (χ3n) is 2.80. The lowest BCUT2D eigenvalue weighted by molar-refractivity contribution is -0.129. The number of benzene rings is 1. The summed E-state index contributed by atoms with van der Waals surface area (Å²) in [7, 11) is 0. The highest BCUT2D eigenvalue weighted by Gasteiger charge is 2.19. The summed E-state index contributed by atoms with van der Waals surface area (Å²) in [5.41, 5.74) is 7.30. The first-order valence-electron chi connectivity index (χ1n) is 6.31. The van der Waals surface area contributed by atoms with Gasteiger partial charge >= 0.3 is 5.97 Å². The zero-order valence-corrected chi connectivity index (χ0v) is 11.5. The molecule has 0 spiro atoms. The van der Waals surface area contributed by atoms with E-state index in [4.69, 9.17) is 10.5 Å². The molecule has 5 nitrogen and oxygen atoms in total. The Labute approximate surface area is 113 Å². The van der Waals surface area contributed by atoms with Gasteiger partial charge in [0.05, 0.1) is 5.56 Å². The summed E-state index contributed by atoms with van der Waals surface area (Å²) < 4.78 is 5.12. The Kier molecular flexibility index (Phi) is 5.36. The number of anilines is 1. The average Bonchev–Trinajstić information content (AvgIpc) is 2.38. The molecule has 3 N–H and O–H groups in total. The van der Waals surface area contributed by atoms with Gasteiger partial charge in [0.1, 0.15) is 0 Å². The second-order valence-electron chi connectivity index (χ2n) is 4.36. The van der Waals surface area contributed by atoms with E-state index in [1.165, 1.54) is 0 Å². The molecule has 1 amide bonds. The molecule has 1 aromatic carbocycles. The average molecular weight is 264 g/mol. The number of nitrogens with one attached hydrogen (secondary N) is 1. The fourth-order valence-corrected chi connectivity index (χ4v) is 1.54. The molecule has 0 aliphatic rings. The molecule has 0 radical (unpaired) electrons. The normalized spacial score (nSPS) is 11.7. The van der Waals surface area contributed by atoms with Crippen molar-refractivity contribution < 1.29 is 14.3 Å². The number of carbonyl (C=O) groups excluding carboxylic acids is 2. The van der Waals surface area contributed by atoms with Crippen molar-refractivity contribution >= 4 is 17.6 Å². The van der Waals surface area contributed by atoms with Crippen LogP contribution in [0.3, 0.4) is 0 Å².